The van der Waals surface area contributed by atoms with E-state index < -0.39 is 24.0 Å². The number of alkyl halides is 3. The zero-order valence-electron chi connectivity index (χ0n) is 13.8. The smallest absolute Gasteiger partial charge is 0.389 e. The minimum Gasteiger partial charge on any atom is -0.389 e. The molecule has 0 amide bonds. The number of rotatable bonds is 1. The van der Waals surface area contributed by atoms with Crippen LogP contribution in [0.25, 0.3) is 0 Å². The maximum atomic E-state index is 12.9. The van der Waals surface area contributed by atoms with Crippen LogP contribution in [0.15, 0.2) is 35.5 Å². The predicted molar refractivity (Wildman–Crippen MR) is 83.1 cm³/mol. The molecule has 0 radical (unpaired) electrons. The molecule has 1 rings (SSSR count). The van der Waals surface area contributed by atoms with E-state index in [0.717, 1.165) is 11.6 Å². The van der Waals surface area contributed by atoms with Crippen LogP contribution in [0, 0.1) is 5.92 Å². The SMILES string of the molecule is CO[C@H]1C=CCCC(C(F)(F)F)=CCOCC(C)=C[C@@H](C)[C@@H]1O. The number of ether oxygens (including phenoxy) is 2. The van der Waals surface area contributed by atoms with Gasteiger partial charge in [0.2, 0.25) is 0 Å². The number of halogens is 3. The van der Waals surface area contributed by atoms with Crippen molar-refractivity contribution >= 4 is 0 Å². The Bertz CT molecular complexity index is 452. The molecule has 6 heteroatoms. The highest BCUT2D eigenvalue weighted by atomic mass is 19.4. The lowest BCUT2D eigenvalue weighted by Crippen LogP contribution is -2.31. The van der Waals surface area contributed by atoms with Gasteiger partial charge in [-0.05, 0) is 19.8 Å². The maximum absolute atomic E-state index is 12.9. The number of aliphatic hydroxyl groups excluding tert-OH is 1. The van der Waals surface area contributed by atoms with Crippen molar-refractivity contribution < 1.29 is 27.8 Å². The minimum absolute atomic E-state index is 0.0820. The van der Waals surface area contributed by atoms with Crippen molar-refractivity contribution in [3.63, 3.8) is 0 Å². The molecule has 1 aliphatic heterocycles. The molecule has 0 aromatic rings. The normalized spacial score (nSPS) is 28.7. The van der Waals surface area contributed by atoms with E-state index in [1.165, 1.54) is 7.11 Å². The van der Waals surface area contributed by atoms with Gasteiger partial charge in [-0.15, -0.1) is 0 Å². The molecule has 0 aliphatic carbocycles. The summed E-state index contributed by atoms with van der Waals surface area (Å²) in [5.41, 5.74) is 0.262. The predicted octanol–water partition coefficient (Wildman–Crippen LogP) is 3.80. The van der Waals surface area contributed by atoms with Crippen molar-refractivity contribution in [2.45, 2.75) is 45.1 Å². The van der Waals surface area contributed by atoms with Gasteiger partial charge in [-0.3, -0.25) is 0 Å². The van der Waals surface area contributed by atoms with Gasteiger partial charge < -0.3 is 14.6 Å². The Kier molecular flexibility index (Phi) is 8.02. The fourth-order valence-electron chi connectivity index (χ4n) is 2.43. The molecule has 0 spiro atoms. The van der Waals surface area contributed by atoms with E-state index in [2.05, 4.69) is 0 Å². The van der Waals surface area contributed by atoms with Gasteiger partial charge in [-0.25, -0.2) is 0 Å². The largest absolute Gasteiger partial charge is 0.412 e. The van der Waals surface area contributed by atoms with Crippen LogP contribution in [0.2, 0.25) is 0 Å². The highest BCUT2D eigenvalue weighted by Gasteiger charge is 2.32. The van der Waals surface area contributed by atoms with Gasteiger partial charge in [0.05, 0.1) is 19.3 Å². The van der Waals surface area contributed by atoms with E-state index in [4.69, 9.17) is 9.47 Å². The highest BCUT2D eigenvalue weighted by Crippen LogP contribution is 2.29. The summed E-state index contributed by atoms with van der Waals surface area (Å²) >= 11 is 0. The van der Waals surface area contributed by atoms with Crippen molar-refractivity contribution in [1.29, 1.82) is 0 Å². The third-order valence-corrected chi connectivity index (χ3v) is 3.74. The van der Waals surface area contributed by atoms with E-state index in [9.17, 15) is 18.3 Å². The molecule has 23 heavy (non-hydrogen) atoms. The molecule has 132 valence electrons. The third-order valence-electron chi connectivity index (χ3n) is 3.74. The molecule has 3 nitrogen and oxygen atoms in total. The van der Waals surface area contributed by atoms with Crippen molar-refractivity contribution in [3.05, 3.63) is 35.5 Å². The first-order valence-corrected chi connectivity index (χ1v) is 7.64. The summed E-state index contributed by atoms with van der Waals surface area (Å²) < 4.78 is 49.3. The lowest BCUT2D eigenvalue weighted by Gasteiger charge is -2.23. The van der Waals surface area contributed by atoms with Crippen molar-refractivity contribution in [3.8, 4) is 0 Å². The molecule has 0 saturated heterocycles. The number of allylic oxidation sites excluding steroid dienone is 2. The molecule has 3 atom stereocenters. The number of hydrogen-bond acceptors (Lipinski definition) is 3. The average Bonchev–Trinajstić information content (AvgIpc) is 2.46. The van der Waals surface area contributed by atoms with Gasteiger partial charge in [0, 0.05) is 18.6 Å². The molecule has 1 heterocycles. The fraction of sp³-hybridized carbons (Fsp3) is 0.647. The average molecular weight is 334 g/mol. The summed E-state index contributed by atoms with van der Waals surface area (Å²) in [5, 5.41) is 10.3. The number of methoxy groups -OCH3 is 1. The Morgan fingerprint density at radius 3 is 2.65 bits per heavy atom. The van der Waals surface area contributed by atoms with Crippen LogP contribution in [-0.4, -0.2) is 43.8 Å². The summed E-state index contributed by atoms with van der Waals surface area (Å²) in [6.07, 6.45) is 0.606. The minimum atomic E-state index is -4.35. The molecular formula is C17H25F3O3. The lowest BCUT2D eigenvalue weighted by atomic mass is 9.96. The zero-order chi connectivity index (χ0) is 17.5. The summed E-state index contributed by atoms with van der Waals surface area (Å²) in [5.74, 6) is -0.155. The van der Waals surface area contributed by atoms with Crippen LogP contribution in [0.3, 0.4) is 0 Å². The van der Waals surface area contributed by atoms with Gasteiger partial charge in [-0.2, -0.15) is 13.2 Å². The van der Waals surface area contributed by atoms with E-state index >= 15 is 0 Å². The van der Waals surface area contributed by atoms with Gasteiger partial charge in [0.1, 0.15) is 6.10 Å². The summed E-state index contributed by atoms with van der Waals surface area (Å²) in [6, 6.07) is 0. The molecular weight excluding hydrogens is 309 g/mol. The van der Waals surface area contributed by atoms with Gasteiger partial charge in [-0.1, -0.05) is 36.8 Å². The summed E-state index contributed by atoms with van der Waals surface area (Å²) in [7, 11) is 1.47. The molecule has 0 bridgehead atoms. The first kappa shape index (κ1) is 19.9. The second-order valence-electron chi connectivity index (χ2n) is 5.77. The van der Waals surface area contributed by atoms with Crippen LogP contribution >= 0.6 is 0 Å². The Morgan fingerprint density at radius 1 is 1.35 bits per heavy atom. The van der Waals surface area contributed by atoms with E-state index in [1.54, 1.807) is 12.2 Å². The van der Waals surface area contributed by atoms with Gasteiger partial charge in [0.25, 0.3) is 0 Å². The molecule has 0 saturated carbocycles. The molecule has 1 N–H and O–H groups in total. The quantitative estimate of drug-likeness (QED) is 0.741. The maximum Gasteiger partial charge on any atom is 0.412 e. The first-order valence-electron chi connectivity index (χ1n) is 7.64. The first-order chi connectivity index (χ1) is 10.8. The highest BCUT2D eigenvalue weighted by molar-refractivity contribution is 5.12. The zero-order valence-corrected chi connectivity index (χ0v) is 13.8. The molecule has 0 fully saturated rings. The monoisotopic (exact) mass is 334 g/mol. The van der Waals surface area contributed by atoms with Crippen molar-refractivity contribution in [2.24, 2.45) is 5.92 Å². The van der Waals surface area contributed by atoms with Gasteiger partial charge >= 0.3 is 6.18 Å². The second kappa shape index (κ2) is 9.25. The van der Waals surface area contributed by atoms with Crippen LogP contribution in [0.4, 0.5) is 13.2 Å². The van der Waals surface area contributed by atoms with Crippen LogP contribution in [-0.2, 0) is 9.47 Å². The van der Waals surface area contributed by atoms with E-state index in [0.29, 0.717) is 0 Å². The van der Waals surface area contributed by atoms with E-state index in [-0.39, 0.29) is 32.0 Å². The Hall–Kier alpha value is -1.11. The molecule has 0 unspecified atom stereocenters. The summed E-state index contributed by atoms with van der Waals surface area (Å²) in [6.45, 7) is 3.83. The second-order valence-corrected chi connectivity index (χ2v) is 5.77. The summed E-state index contributed by atoms with van der Waals surface area (Å²) in [4.78, 5) is 0. The Morgan fingerprint density at radius 2 is 2.04 bits per heavy atom. The van der Waals surface area contributed by atoms with E-state index in [1.807, 2.05) is 19.9 Å². The number of aliphatic hydroxyl groups is 1. The fourth-order valence-corrected chi connectivity index (χ4v) is 2.43. The number of hydrogen-bond donors (Lipinski definition) is 1. The van der Waals surface area contributed by atoms with Crippen LogP contribution < -0.4 is 0 Å². The third kappa shape index (κ3) is 6.89. The molecule has 0 aromatic carbocycles. The standard InChI is InChI=1S/C17H25F3O3/c1-12-10-13(2)16(21)15(22-3)7-5-4-6-14(17(18,19)20)8-9-23-11-12/h5,7-8,10,13,15-16,21H,4,6,9,11H2,1-3H3/t13-,15+,16+/m1/s1. The molecule has 1 aliphatic rings. The lowest BCUT2D eigenvalue weighted by molar-refractivity contribution is -0.0945. The van der Waals surface area contributed by atoms with Gasteiger partial charge in [0.15, 0.2) is 0 Å². The van der Waals surface area contributed by atoms with Crippen molar-refractivity contribution in [1.82, 2.24) is 0 Å². The molecule has 0 aromatic heterocycles. The topological polar surface area (TPSA) is 38.7 Å². The Labute approximate surface area is 135 Å². The Balaban J connectivity index is 2.96. The van der Waals surface area contributed by atoms with Crippen LogP contribution in [0.1, 0.15) is 26.7 Å². The van der Waals surface area contributed by atoms with Crippen molar-refractivity contribution in [2.75, 3.05) is 20.3 Å². The van der Waals surface area contributed by atoms with Crippen LogP contribution in [0.5, 0.6) is 0 Å².